The van der Waals surface area contributed by atoms with Gasteiger partial charge in [-0.05, 0) is 41.8 Å². The second kappa shape index (κ2) is 6.87. The molecule has 0 aromatic heterocycles. The zero-order valence-electron chi connectivity index (χ0n) is 10.3. The Kier molecular flexibility index (Phi) is 5.41. The van der Waals surface area contributed by atoms with Crippen LogP contribution in [0.1, 0.15) is 17.2 Å². The van der Waals surface area contributed by atoms with Crippen molar-refractivity contribution in [3.8, 4) is 0 Å². The summed E-state index contributed by atoms with van der Waals surface area (Å²) in [6.07, 6.45) is 0.545. The van der Waals surface area contributed by atoms with Crippen LogP contribution in [0.15, 0.2) is 40.9 Å². The second-order valence-electron chi connectivity index (χ2n) is 4.33. The van der Waals surface area contributed by atoms with Crippen molar-refractivity contribution in [3.63, 3.8) is 0 Å². The van der Waals surface area contributed by atoms with Gasteiger partial charge in [-0.1, -0.05) is 51.3 Å². The maximum atomic E-state index is 13.5. The van der Waals surface area contributed by atoms with E-state index < -0.39 is 5.82 Å². The van der Waals surface area contributed by atoms with Crippen molar-refractivity contribution >= 4 is 39.1 Å². The second-order valence-corrected chi connectivity index (χ2v) is 6.06. The highest BCUT2D eigenvalue weighted by molar-refractivity contribution is 9.10. The number of hydrogen-bond acceptors (Lipinski definition) is 2. The lowest BCUT2D eigenvalue weighted by molar-refractivity contribution is 0.544. The molecule has 3 N–H and O–H groups in total. The van der Waals surface area contributed by atoms with Crippen molar-refractivity contribution in [2.75, 3.05) is 0 Å². The molecule has 2 nitrogen and oxygen atoms in total. The molecular weight excluding hydrogens is 366 g/mol. The molecule has 2 aromatic rings. The largest absolute Gasteiger partial charge is 0.271 e. The van der Waals surface area contributed by atoms with Gasteiger partial charge in [-0.25, -0.2) is 4.39 Å². The van der Waals surface area contributed by atoms with Crippen LogP contribution >= 0.6 is 39.1 Å². The molecule has 0 aliphatic heterocycles. The Hall–Kier alpha value is -0.650. The molecule has 6 heteroatoms. The van der Waals surface area contributed by atoms with Crippen molar-refractivity contribution in [3.05, 3.63) is 67.9 Å². The van der Waals surface area contributed by atoms with E-state index in [1.807, 2.05) is 18.2 Å². The normalized spacial score (nSPS) is 12.4. The Bertz CT molecular complexity index is 622. The minimum absolute atomic E-state index is 0.0891. The maximum Gasteiger partial charge on any atom is 0.142 e. The van der Waals surface area contributed by atoms with Gasteiger partial charge in [0.25, 0.3) is 0 Å². The van der Waals surface area contributed by atoms with Crippen molar-refractivity contribution in [2.24, 2.45) is 5.84 Å². The van der Waals surface area contributed by atoms with E-state index in [0.29, 0.717) is 17.0 Å². The molecule has 0 aliphatic carbocycles. The summed E-state index contributed by atoms with van der Waals surface area (Å²) in [6.45, 7) is 0. The van der Waals surface area contributed by atoms with E-state index in [2.05, 4.69) is 21.4 Å². The quantitative estimate of drug-likeness (QED) is 0.601. The zero-order chi connectivity index (χ0) is 14.7. The number of benzene rings is 2. The molecule has 106 valence electrons. The zero-order valence-corrected chi connectivity index (χ0v) is 13.4. The Morgan fingerprint density at radius 3 is 2.50 bits per heavy atom. The minimum atomic E-state index is -0.466. The van der Waals surface area contributed by atoms with Crippen LogP contribution in [0.5, 0.6) is 0 Å². The van der Waals surface area contributed by atoms with Gasteiger partial charge >= 0.3 is 0 Å². The van der Waals surface area contributed by atoms with Gasteiger partial charge in [0.05, 0.1) is 11.1 Å². The van der Waals surface area contributed by atoms with Crippen LogP contribution in [0.2, 0.25) is 10.0 Å². The predicted octanol–water partition coefficient (Wildman–Crippen LogP) is 4.64. The van der Waals surface area contributed by atoms with Gasteiger partial charge < -0.3 is 0 Å². The molecule has 2 aromatic carbocycles. The number of nitrogens with two attached hydrogens (primary N) is 1. The predicted molar refractivity (Wildman–Crippen MR) is 84.3 cm³/mol. The average molecular weight is 378 g/mol. The Morgan fingerprint density at radius 1 is 1.15 bits per heavy atom. The van der Waals surface area contributed by atoms with E-state index in [1.165, 1.54) is 12.1 Å². The number of hydrazine groups is 1. The summed E-state index contributed by atoms with van der Waals surface area (Å²) in [7, 11) is 0. The van der Waals surface area contributed by atoms with Gasteiger partial charge in [-0.15, -0.1) is 0 Å². The van der Waals surface area contributed by atoms with Crippen LogP contribution in [-0.4, -0.2) is 0 Å². The Balaban J connectivity index is 2.26. The summed E-state index contributed by atoms with van der Waals surface area (Å²) in [4.78, 5) is 0. The Labute approximate surface area is 135 Å². The summed E-state index contributed by atoms with van der Waals surface area (Å²) >= 11 is 15.2. The molecule has 0 spiro atoms. The van der Waals surface area contributed by atoms with Crippen LogP contribution in [0.25, 0.3) is 0 Å². The van der Waals surface area contributed by atoms with E-state index in [0.717, 1.165) is 10.0 Å². The van der Waals surface area contributed by atoms with Crippen molar-refractivity contribution in [1.29, 1.82) is 0 Å². The standard InChI is InChI=1S/C14H12BrCl2FN2/c15-10-3-1-8(12(17)7-10)6-14(20-19)9-2-4-11(16)13(18)5-9/h1-5,7,14,20H,6,19H2. The van der Waals surface area contributed by atoms with Crippen LogP contribution in [0, 0.1) is 5.82 Å². The van der Waals surface area contributed by atoms with E-state index in [9.17, 15) is 4.39 Å². The number of halogens is 4. The van der Waals surface area contributed by atoms with Gasteiger partial charge in [0.15, 0.2) is 0 Å². The third kappa shape index (κ3) is 3.71. The number of nitrogens with one attached hydrogen (secondary N) is 1. The fourth-order valence-corrected chi connectivity index (χ4v) is 2.78. The third-order valence-electron chi connectivity index (χ3n) is 2.99. The first-order chi connectivity index (χ1) is 9.51. The van der Waals surface area contributed by atoms with Crippen LogP contribution in [0.3, 0.4) is 0 Å². The first-order valence-corrected chi connectivity index (χ1v) is 7.41. The van der Waals surface area contributed by atoms with Crippen LogP contribution < -0.4 is 11.3 Å². The van der Waals surface area contributed by atoms with E-state index >= 15 is 0 Å². The van der Waals surface area contributed by atoms with Crippen molar-refractivity contribution in [1.82, 2.24) is 5.43 Å². The van der Waals surface area contributed by atoms with Gasteiger partial charge in [0.1, 0.15) is 5.82 Å². The molecular formula is C14H12BrCl2FN2. The average Bonchev–Trinajstić information content (AvgIpc) is 2.41. The summed E-state index contributed by atoms with van der Waals surface area (Å²) in [6, 6.07) is 10.00. The van der Waals surface area contributed by atoms with E-state index in [1.54, 1.807) is 6.07 Å². The van der Waals surface area contributed by atoms with Gasteiger partial charge in [-0.2, -0.15) is 0 Å². The topological polar surface area (TPSA) is 38.0 Å². The molecule has 0 radical (unpaired) electrons. The summed E-state index contributed by atoms with van der Waals surface area (Å²) in [5, 5.41) is 0.722. The van der Waals surface area contributed by atoms with Crippen LogP contribution in [-0.2, 0) is 6.42 Å². The Morgan fingerprint density at radius 2 is 1.90 bits per heavy atom. The van der Waals surface area contributed by atoms with Crippen LogP contribution in [0.4, 0.5) is 4.39 Å². The molecule has 0 aliphatic rings. The highest BCUT2D eigenvalue weighted by atomic mass is 79.9. The van der Waals surface area contributed by atoms with Gasteiger partial charge in [0, 0.05) is 9.50 Å². The van der Waals surface area contributed by atoms with Crippen molar-refractivity contribution < 1.29 is 4.39 Å². The molecule has 0 fully saturated rings. The lowest BCUT2D eigenvalue weighted by Gasteiger charge is -2.17. The third-order valence-corrected chi connectivity index (χ3v) is 4.14. The molecule has 20 heavy (non-hydrogen) atoms. The number of hydrogen-bond donors (Lipinski definition) is 2. The SMILES string of the molecule is NNC(Cc1ccc(Br)cc1Cl)c1ccc(Cl)c(F)c1. The first-order valence-electron chi connectivity index (χ1n) is 5.86. The first kappa shape index (κ1) is 15.7. The lowest BCUT2D eigenvalue weighted by atomic mass is 9.99. The fourth-order valence-electron chi connectivity index (χ4n) is 1.91. The summed E-state index contributed by atoms with van der Waals surface area (Å²) in [5.41, 5.74) is 4.32. The monoisotopic (exact) mass is 376 g/mol. The smallest absolute Gasteiger partial charge is 0.142 e. The van der Waals surface area contributed by atoms with Gasteiger partial charge in [-0.3, -0.25) is 11.3 Å². The molecule has 2 rings (SSSR count). The van der Waals surface area contributed by atoms with E-state index in [-0.39, 0.29) is 11.1 Å². The fraction of sp³-hybridized carbons (Fsp3) is 0.143. The molecule has 1 unspecified atom stereocenters. The van der Waals surface area contributed by atoms with E-state index in [4.69, 9.17) is 29.0 Å². The molecule has 1 atom stereocenters. The highest BCUT2D eigenvalue weighted by Crippen LogP contribution is 2.27. The minimum Gasteiger partial charge on any atom is -0.271 e. The molecule has 0 saturated heterocycles. The highest BCUT2D eigenvalue weighted by Gasteiger charge is 2.14. The van der Waals surface area contributed by atoms with Crippen molar-refractivity contribution in [2.45, 2.75) is 12.5 Å². The summed E-state index contributed by atoms with van der Waals surface area (Å²) in [5.74, 6) is 5.10. The molecule has 0 bridgehead atoms. The molecule has 0 amide bonds. The molecule has 0 saturated carbocycles. The number of rotatable bonds is 4. The summed E-state index contributed by atoms with van der Waals surface area (Å²) < 4.78 is 14.4. The van der Waals surface area contributed by atoms with Gasteiger partial charge in [0.2, 0.25) is 0 Å². The lowest BCUT2D eigenvalue weighted by Crippen LogP contribution is -2.29. The molecule has 0 heterocycles. The maximum absolute atomic E-state index is 13.5.